The number of ether oxygens (including phenoxy) is 1. The maximum atomic E-state index is 10.5. The first-order valence-electron chi connectivity index (χ1n) is 9.25. The molecule has 1 unspecified atom stereocenters. The van der Waals surface area contributed by atoms with Crippen molar-refractivity contribution in [1.82, 2.24) is 14.5 Å². The molecule has 5 nitrogen and oxygen atoms in total. The molecule has 0 aliphatic carbocycles. The van der Waals surface area contributed by atoms with E-state index in [1.54, 1.807) is 18.9 Å². The molecule has 7 heteroatoms. The van der Waals surface area contributed by atoms with Crippen LogP contribution in [0.25, 0.3) is 11.0 Å². The molecular formula is C21H26ClN3O2S. The van der Waals surface area contributed by atoms with Gasteiger partial charge in [0.15, 0.2) is 5.16 Å². The molecule has 0 aliphatic heterocycles. The van der Waals surface area contributed by atoms with Gasteiger partial charge < -0.3 is 14.4 Å². The van der Waals surface area contributed by atoms with Gasteiger partial charge in [-0.25, -0.2) is 4.98 Å². The summed E-state index contributed by atoms with van der Waals surface area (Å²) >= 11 is 7.67. The Kier molecular flexibility index (Phi) is 7.76. The quantitative estimate of drug-likeness (QED) is 0.505. The minimum Gasteiger partial charge on any atom is -0.391 e. The third-order valence-electron chi connectivity index (χ3n) is 4.42. The fourth-order valence-corrected chi connectivity index (χ4v) is 4.25. The monoisotopic (exact) mass is 419 g/mol. The predicted molar refractivity (Wildman–Crippen MR) is 116 cm³/mol. The van der Waals surface area contributed by atoms with E-state index in [9.17, 15) is 5.11 Å². The number of halogens is 1. The SMILES string of the molecule is COCCn1c(SCC(O)CN(C)Cc2ccccc2)nc2cc(Cl)ccc21. The summed E-state index contributed by atoms with van der Waals surface area (Å²) in [5.74, 6) is 0.573. The highest BCUT2D eigenvalue weighted by Crippen LogP contribution is 2.26. The fourth-order valence-electron chi connectivity index (χ4n) is 3.13. The lowest BCUT2D eigenvalue weighted by Crippen LogP contribution is -2.30. The summed E-state index contributed by atoms with van der Waals surface area (Å²) in [6.07, 6.45) is -0.446. The second-order valence-electron chi connectivity index (χ2n) is 6.82. The zero-order valence-electron chi connectivity index (χ0n) is 16.2. The summed E-state index contributed by atoms with van der Waals surface area (Å²) in [7, 11) is 3.71. The highest BCUT2D eigenvalue weighted by Gasteiger charge is 2.15. The summed E-state index contributed by atoms with van der Waals surface area (Å²) < 4.78 is 7.36. The van der Waals surface area contributed by atoms with Gasteiger partial charge in [0.2, 0.25) is 0 Å². The number of methoxy groups -OCH3 is 1. The number of imidazole rings is 1. The molecule has 1 N–H and O–H groups in total. The number of rotatable bonds is 10. The van der Waals surface area contributed by atoms with Crippen LogP contribution in [-0.2, 0) is 17.8 Å². The smallest absolute Gasteiger partial charge is 0.169 e. The van der Waals surface area contributed by atoms with Crippen LogP contribution in [0.1, 0.15) is 5.56 Å². The Labute approximate surface area is 175 Å². The van der Waals surface area contributed by atoms with E-state index in [1.807, 2.05) is 43.4 Å². The molecule has 28 heavy (non-hydrogen) atoms. The van der Waals surface area contributed by atoms with Crippen molar-refractivity contribution in [1.29, 1.82) is 0 Å². The number of aliphatic hydroxyl groups is 1. The lowest BCUT2D eigenvalue weighted by Gasteiger charge is -2.20. The normalized spacial score (nSPS) is 12.8. The molecule has 150 valence electrons. The lowest BCUT2D eigenvalue weighted by atomic mass is 10.2. The van der Waals surface area contributed by atoms with Gasteiger partial charge in [0.1, 0.15) is 0 Å². The molecule has 0 aliphatic rings. The first-order valence-corrected chi connectivity index (χ1v) is 10.6. The van der Waals surface area contributed by atoms with Gasteiger partial charge >= 0.3 is 0 Å². The Bertz CT molecular complexity index is 888. The number of aliphatic hydroxyl groups excluding tert-OH is 1. The number of aromatic nitrogens is 2. The molecule has 0 spiro atoms. The first kappa shape index (κ1) is 21.1. The molecule has 0 radical (unpaired) electrons. The molecule has 3 aromatic rings. The van der Waals surface area contributed by atoms with Gasteiger partial charge in [0, 0.05) is 37.5 Å². The second-order valence-corrected chi connectivity index (χ2v) is 8.24. The Hall–Kier alpha value is -1.57. The number of nitrogens with zero attached hydrogens (tertiary/aromatic N) is 3. The largest absolute Gasteiger partial charge is 0.391 e. The number of fused-ring (bicyclic) bond motifs is 1. The van der Waals surface area contributed by atoms with E-state index in [2.05, 4.69) is 21.6 Å². The zero-order valence-corrected chi connectivity index (χ0v) is 17.8. The Morgan fingerprint density at radius 3 is 2.79 bits per heavy atom. The van der Waals surface area contributed by atoms with E-state index in [0.717, 1.165) is 22.7 Å². The van der Waals surface area contributed by atoms with Gasteiger partial charge in [-0.15, -0.1) is 0 Å². The van der Waals surface area contributed by atoms with Crippen molar-refractivity contribution in [2.75, 3.05) is 33.1 Å². The standard InChI is InChI=1S/C21H26ClN3O2S/c1-24(13-16-6-4-3-5-7-16)14-18(26)15-28-21-23-19-12-17(22)8-9-20(19)25(21)10-11-27-2/h3-9,12,18,26H,10-11,13-15H2,1-2H3. The van der Waals surface area contributed by atoms with Crippen LogP contribution < -0.4 is 0 Å². The van der Waals surface area contributed by atoms with Crippen LogP contribution in [0.3, 0.4) is 0 Å². The third kappa shape index (κ3) is 5.72. The van der Waals surface area contributed by atoms with Crippen LogP contribution in [-0.4, -0.2) is 58.7 Å². The maximum absolute atomic E-state index is 10.5. The molecular weight excluding hydrogens is 394 g/mol. The molecule has 1 atom stereocenters. The average Bonchev–Trinajstić information content (AvgIpc) is 3.01. The van der Waals surface area contributed by atoms with Gasteiger partial charge in [0.05, 0.1) is 23.7 Å². The number of thioether (sulfide) groups is 1. The van der Waals surface area contributed by atoms with Crippen LogP contribution in [0, 0.1) is 0 Å². The van der Waals surface area contributed by atoms with E-state index in [-0.39, 0.29) is 0 Å². The summed E-state index contributed by atoms with van der Waals surface area (Å²) in [4.78, 5) is 6.84. The van der Waals surface area contributed by atoms with Crippen molar-refractivity contribution in [2.24, 2.45) is 0 Å². The summed E-state index contributed by atoms with van der Waals surface area (Å²) in [6.45, 7) is 2.73. The van der Waals surface area contributed by atoms with E-state index in [4.69, 9.17) is 21.3 Å². The third-order valence-corrected chi connectivity index (χ3v) is 5.77. The molecule has 0 saturated carbocycles. The number of benzene rings is 2. The summed E-state index contributed by atoms with van der Waals surface area (Å²) in [5, 5.41) is 12.0. The van der Waals surface area contributed by atoms with Gasteiger partial charge in [-0.1, -0.05) is 53.7 Å². The van der Waals surface area contributed by atoms with Crippen LogP contribution in [0.5, 0.6) is 0 Å². The van der Waals surface area contributed by atoms with Crippen molar-refractivity contribution in [3.05, 3.63) is 59.1 Å². The van der Waals surface area contributed by atoms with Crippen molar-refractivity contribution < 1.29 is 9.84 Å². The van der Waals surface area contributed by atoms with E-state index in [1.165, 1.54) is 5.56 Å². The fraction of sp³-hybridized carbons (Fsp3) is 0.381. The van der Waals surface area contributed by atoms with Crippen LogP contribution in [0.15, 0.2) is 53.7 Å². The van der Waals surface area contributed by atoms with Gasteiger partial charge in [0.25, 0.3) is 0 Å². The molecule has 0 saturated heterocycles. The van der Waals surface area contributed by atoms with Crippen LogP contribution in [0.4, 0.5) is 0 Å². The lowest BCUT2D eigenvalue weighted by molar-refractivity contribution is 0.142. The predicted octanol–water partition coefficient (Wildman–Crippen LogP) is 3.92. The van der Waals surface area contributed by atoms with Crippen molar-refractivity contribution >= 4 is 34.4 Å². The van der Waals surface area contributed by atoms with Crippen molar-refractivity contribution in [2.45, 2.75) is 24.3 Å². The molecule has 3 rings (SSSR count). The number of hydrogen-bond donors (Lipinski definition) is 1. The average molecular weight is 420 g/mol. The minimum absolute atomic E-state index is 0.446. The van der Waals surface area contributed by atoms with Gasteiger partial charge in [-0.2, -0.15) is 0 Å². The highest BCUT2D eigenvalue weighted by molar-refractivity contribution is 7.99. The van der Waals surface area contributed by atoms with Crippen molar-refractivity contribution in [3.63, 3.8) is 0 Å². The Morgan fingerprint density at radius 2 is 2.04 bits per heavy atom. The van der Waals surface area contributed by atoms with Crippen molar-refractivity contribution in [3.8, 4) is 0 Å². The van der Waals surface area contributed by atoms with Crippen LogP contribution in [0.2, 0.25) is 5.02 Å². The molecule has 1 aromatic heterocycles. The highest BCUT2D eigenvalue weighted by atomic mass is 35.5. The maximum Gasteiger partial charge on any atom is 0.169 e. The molecule has 2 aromatic carbocycles. The topological polar surface area (TPSA) is 50.5 Å². The summed E-state index contributed by atoms with van der Waals surface area (Å²) in [6, 6.07) is 16.0. The van der Waals surface area contributed by atoms with Crippen LogP contribution >= 0.6 is 23.4 Å². The van der Waals surface area contributed by atoms with E-state index >= 15 is 0 Å². The zero-order chi connectivity index (χ0) is 19.9. The molecule has 0 amide bonds. The number of hydrogen-bond acceptors (Lipinski definition) is 5. The second kappa shape index (κ2) is 10.3. The Balaban J connectivity index is 1.61. The molecule has 0 fully saturated rings. The van der Waals surface area contributed by atoms with Gasteiger partial charge in [-0.05, 0) is 30.8 Å². The van der Waals surface area contributed by atoms with E-state index < -0.39 is 6.10 Å². The van der Waals surface area contributed by atoms with Gasteiger partial charge in [-0.3, -0.25) is 4.90 Å². The summed E-state index contributed by atoms with van der Waals surface area (Å²) in [5.41, 5.74) is 3.13. The number of likely N-dealkylation sites (N-methyl/N-ethyl adjacent to an activating group) is 1. The molecule has 1 heterocycles. The Morgan fingerprint density at radius 1 is 1.25 bits per heavy atom. The molecule has 0 bridgehead atoms. The first-order chi connectivity index (χ1) is 13.6. The minimum atomic E-state index is -0.446. The van der Waals surface area contributed by atoms with E-state index in [0.29, 0.717) is 30.5 Å².